The standard InChI is InChI=1S/C24H22ClN3O2S/c1-15-7-8-17(16(2)12-15)13-21(29)28(14-18-6-4-5-11-26-18)24-27-22-20(30-3)10-9-19(25)23(22)31-24/h4-12H,13-14H2,1-3H3. The van der Waals surface area contributed by atoms with Gasteiger partial charge in [0.25, 0.3) is 0 Å². The third-order valence-corrected chi connectivity index (χ3v) is 6.62. The van der Waals surface area contributed by atoms with Crippen LogP contribution < -0.4 is 9.64 Å². The largest absolute Gasteiger partial charge is 0.494 e. The van der Waals surface area contributed by atoms with Crippen molar-refractivity contribution in [3.05, 3.63) is 82.1 Å². The molecule has 0 spiro atoms. The number of benzene rings is 2. The topological polar surface area (TPSA) is 55.3 Å². The first kappa shape index (κ1) is 21.3. The van der Waals surface area contributed by atoms with E-state index in [9.17, 15) is 4.79 Å². The van der Waals surface area contributed by atoms with Crippen LogP contribution in [0.2, 0.25) is 5.02 Å². The number of thiazole rings is 1. The van der Waals surface area contributed by atoms with Crippen LogP contribution in [-0.2, 0) is 17.8 Å². The highest BCUT2D eigenvalue weighted by molar-refractivity contribution is 7.23. The number of hydrogen-bond donors (Lipinski definition) is 0. The molecule has 0 saturated heterocycles. The highest BCUT2D eigenvalue weighted by Crippen LogP contribution is 2.39. The number of nitrogens with zero attached hydrogens (tertiary/aromatic N) is 3. The van der Waals surface area contributed by atoms with Crippen molar-refractivity contribution in [1.29, 1.82) is 0 Å². The molecule has 1 amide bonds. The van der Waals surface area contributed by atoms with Gasteiger partial charge in [0.05, 0.1) is 35.5 Å². The van der Waals surface area contributed by atoms with Gasteiger partial charge in [-0.15, -0.1) is 0 Å². The maximum absolute atomic E-state index is 13.5. The Bertz CT molecular complexity index is 1240. The summed E-state index contributed by atoms with van der Waals surface area (Å²) in [5.41, 5.74) is 4.71. The summed E-state index contributed by atoms with van der Waals surface area (Å²) in [6, 6.07) is 15.4. The van der Waals surface area contributed by atoms with Crippen LogP contribution in [0.15, 0.2) is 54.7 Å². The van der Waals surface area contributed by atoms with Gasteiger partial charge in [0, 0.05) is 6.20 Å². The Kier molecular flexibility index (Phi) is 6.20. The van der Waals surface area contributed by atoms with Crippen molar-refractivity contribution in [3.63, 3.8) is 0 Å². The number of ether oxygens (including phenoxy) is 1. The number of halogens is 1. The number of amides is 1. The van der Waals surface area contributed by atoms with Crippen molar-refractivity contribution >= 4 is 44.2 Å². The summed E-state index contributed by atoms with van der Waals surface area (Å²) in [6.45, 7) is 4.40. The van der Waals surface area contributed by atoms with E-state index in [-0.39, 0.29) is 12.3 Å². The SMILES string of the molecule is COc1ccc(Cl)c2sc(N(Cc3ccccn3)C(=O)Cc3ccc(C)cc3C)nc12. The number of methoxy groups -OCH3 is 1. The van der Waals surface area contributed by atoms with Crippen LogP contribution in [0.4, 0.5) is 5.13 Å². The summed E-state index contributed by atoms with van der Waals surface area (Å²) >= 11 is 7.79. The number of anilines is 1. The van der Waals surface area contributed by atoms with Crippen LogP contribution in [0.3, 0.4) is 0 Å². The molecule has 0 bridgehead atoms. The lowest BCUT2D eigenvalue weighted by atomic mass is 10.0. The maximum Gasteiger partial charge on any atom is 0.233 e. The Hall–Kier alpha value is -2.96. The summed E-state index contributed by atoms with van der Waals surface area (Å²) < 4.78 is 6.24. The fourth-order valence-electron chi connectivity index (χ4n) is 3.44. The predicted octanol–water partition coefficient (Wildman–Crippen LogP) is 5.75. The van der Waals surface area contributed by atoms with E-state index in [0.29, 0.717) is 28.0 Å². The average Bonchev–Trinajstić information content (AvgIpc) is 3.21. The second kappa shape index (κ2) is 9.04. The van der Waals surface area contributed by atoms with Gasteiger partial charge in [0.1, 0.15) is 11.3 Å². The zero-order valence-corrected chi connectivity index (χ0v) is 19.1. The van der Waals surface area contributed by atoms with Crippen LogP contribution in [0.25, 0.3) is 10.2 Å². The van der Waals surface area contributed by atoms with Gasteiger partial charge in [-0.2, -0.15) is 0 Å². The molecular formula is C24H22ClN3O2S. The molecule has 0 atom stereocenters. The van der Waals surface area contributed by atoms with Crippen molar-refractivity contribution in [2.24, 2.45) is 0 Å². The fourth-order valence-corrected chi connectivity index (χ4v) is 4.71. The van der Waals surface area contributed by atoms with Gasteiger partial charge in [-0.1, -0.05) is 52.8 Å². The van der Waals surface area contributed by atoms with E-state index in [2.05, 4.69) is 11.1 Å². The van der Waals surface area contributed by atoms with Crippen molar-refractivity contribution < 1.29 is 9.53 Å². The molecule has 0 unspecified atom stereocenters. The zero-order valence-electron chi connectivity index (χ0n) is 17.6. The molecule has 0 radical (unpaired) electrons. The summed E-state index contributed by atoms with van der Waals surface area (Å²) in [5, 5.41) is 1.15. The maximum atomic E-state index is 13.5. The molecule has 7 heteroatoms. The van der Waals surface area contributed by atoms with Gasteiger partial charge in [-0.3, -0.25) is 14.7 Å². The van der Waals surface area contributed by atoms with Crippen LogP contribution in [0.1, 0.15) is 22.4 Å². The molecule has 5 nitrogen and oxygen atoms in total. The molecule has 0 aliphatic carbocycles. The quantitative estimate of drug-likeness (QED) is 0.374. The van der Waals surface area contributed by atoms with E-state index in [1.807, 2.05) is 44.2 Å². The molecule has 0 N–H and O–H groups in total. The van der Waals surface area contributed by atoms with Crippen LogP contribution >= 0.6 is 22.9 Å². The lowest BCUT2D eigenvalue weighted by Gasteiger charge is -2.20. The number of hydrogen-bond acceptors (Lipinski definition) is 5. The number of carbonyl (C=O) groups excluding carboxylic acids is 1. The molecule has 4 rings (SSSR count). The first-order valence-electron chi connectivity index (χ1n) is 9.85. The van der Waals surface area contributed by atoms with E-state index >= 15 is 0 Å². The molecule has 2 aromatic heterocycles. The van der Waals surface area contributed by atoms with E-state index in [1.165, 1.54) is 16.9 Å². The molecule has 0 aliphatic heterocycles. The van der Waals surface area contributed by atoms with Crippen LogP contribution in [0, 0.1) is 13.8 Å². The summed E-state index contributed by atoms with van der Waals surface area (Å²) in [5.74, 6) is 0.577. The number of fused-ring (bicyclic) bond motifs is 1. The first-order chi connectivity index (χ1) is 15.0. The Labute approximate surface area is 190 Å². The van der Waals surface area contributed by atoms with Gasteiger partial charge in [-0.05, 0) is 49.2 Å². The van der Waals surface area contributed by atoms with E-state index in [1.54, 1.807) is 30.3 Å². The number of rotatable bonds is 6. The molecule has 4 aromatic rings. The Morgan fingerprint density at radius 1 is 1.16 bits per heavy atom. The number of pyridine rings is 1. The minimum absolute atomic E-state index is 0.0493. The minimum atomic E-state index is -0.0493. The first-order valence-corrected chi connectivity index (χ1v) is 11.0. The Morgan fingerprint density at radius 2 is 2.00 bits per heavy atom. The lowest BCUT2D eigenvalue weighted by molar-refractivity contribution is -0.118. The zero-order chi connectivity index (χ0) is 22.0. The predicted molar refractivity (Wildman–Crippen MR) is 126 cm³/mol. The molecule has 31 heavy (non-hydrogen) atoms. The van der Waals surface area contributed by atoms with Gasteiger partial charge in [0.2, 0.25) is 5.91 Å². The highest BCUT2D eigenvalue weighted by atomic mass is 35.5. The number of carbonyl (C=O) groups is 1. The summed E-state index contributed by atoms with van der Waals surface area (Å²) in [7, 11) is 1.60. The van der Waals surface area contributed by atoms with Gasteiger partial charge < -0.3 is 4.74 Å². The highest BCUT2D eigenvalue weighted by Gasteiger charge is 2.23. The van der Waals surface area contributed by atoms with E-state index in [0.717, 1.165) is 21.5 Å². The second-order valence-electron chi connectivity index (χ2n) is 7.33. The van der Waals surface area contributed by atoms with Crippen molar-refractivity contribution in [2.75, 3.05) is 12.0 Å². The normalized spacial score (nSPS) is 11.0. The monoisotopic (exact) mass is 451 g/mol. The summed E-state index contributed by atoms with van der Waals surface area (Å²) in [6.07, 6.45) is 2.00. The van der Waals surface area contributed by atoms with E-state index < -0.39 is 0 Å². The third-order valence-electron chi connectivity index (χ3n) is 5.09. The second-order valence-corrected chi connectivity index (χ2v) is 8.72. The van der Waals surface area contributed by atoms with Gasteiger partial charge in [-0.25, -0.2) is 4.98 Å². The molecule has 2 heterocycles. The van der Waals surface area contributed by atoms with Crippen LogP contribution in [0.5, 0.6) is 5.75 Å². The van der Waals surface area contributed by atoms with Gasteiger partial charge >= 0.3 is 0 Å². The molecule has 158 valence electrons. The average molecular weight is 452 g/mol. The summed E-state index contributed by atoms with van der Waals surface area (Å²) in [4.78, 5) is 24.3. The lowest BCUT2D eigenvalue weighted by Crippen LogP contribution is -2.32. The van der Waals surface area contributed by atoms with Crippen molar-refractivity contribution in [3.8, 4) is 5.75 Å². The Balaban J connectivity index is 1.74. The molecular weight excluding hydrogens is 430 g/mol. The molecule has 0 saturated carbocycles. The molecule has 0 fully saturated rings. The smallest absolute Gasteiger partial charge is 0.233 e. The number of aromatic nitrogens is 2. The van der Waals surface area contributed by atoms with Gasteiger partial charge in [0.15, 0.2) is 5.13 Å². The van der Waals surface area contributed by atoms with Crippen molar-refractivity contribution in [1.82, 2.24) is 9.97 Å². The van der Waals surface area contributed by atoms with Crippen molar-refractivity contribution in [2.45, 2.75) is 26.8 Å². The van der Waals surface area contributed by atoms with E-state index in [4.69, 9.17) is 21.3 Å². The molecule has 0 aliphatic rings. The third kappa shape index (κ3) is 4.55. The molecule has 2 aromatic carbocycles. The van der Waals surface area contributed by atoms with Crippen LogP contribution in [-0.4, -0.2) is 23.0 Å². The minimum Gasteiger partial charge on any atom is -0.494 e. The fraction of sp³-hybridized carbons (Fsp3) is 0.208. The number of aryl methyl sites for hydroxylation is 2. The Morgan fingerprint density at radius 3 is 2.71 bits per heavy atom.